The van der Waals surface area contributed by atoms with Crippen molar-refractivity contribution in [3.63, 3.8) is 0 Å². The second kappa shape index (κ2) is 10.2. The summed E-state index contributed by atoms with van der Waals surface area (Å²) in [6.45, 7) is -2.90. The molecule has 7 heteroatoms. The fourth-order valence-corrected chi connectivity index (χ4v) is 2.91. The van der Waals surface area contributed by atoms with Gasteiger partial charge in [0.05, 0.1) is 19.9 Å². The number of benzene rings is 3. The van der Waals surface area contributed by atoms with E-state index >= 15 is 0 Å². The third-order valence-corrected chi connectivity index (χ3v) is 4.40. The van der Waals surface area contributed by atoms with Crippen LogP contribution in [0.15, 0.2) is 72.8 Å². The molecule has 0 atom stereocenters. The Morgan fingerprint density at radius 3 is 2.19 bits per heavy atom. The Kier molecular flexibility index (Phi) is 7.22. The summed E-state index contributed by atoms with van der Waals surface area (Å²) < 4.78 is 39.7. The molecule has 0 aliphatic heterocycles. The summed E-state index contributed by atoms with van der Waals surface area (Å²) in [5.74, 6) is 0.718. The van der Waals surface area contributed by atoms with Gasteiger partial charge in [0.15, 0.2) is 0 Å². The van der Waals surface area contributed by atoms with Crippen molar-refractivity contribution in [2.45, 2.75) is 6.61 Å². The second-order valence-corrected chi connectivity index (χ2v) is 6.39. The van der Waals surface area contributed by atoms with Gasteiger partial charge in [-0.2, -0.15) is 8.78 Å². The quantitative estimate of drug-likeness (QED) is 0.383. The molecule has 0 saturated carbocycles. The van der Waals surface area contributed by atoms with Crippen molar-refractivity contribution in [3.05, 3.63) is 83.9 Å². The largest absolute Gasteiger partial charge is 0.497 e. The number of ether oxygens (including phenoxy) is 3. The van der Waals surface area contributed by atoms with Gasteiger partial charge in [-0.3, -0.25) is 4.79 Å². The molecule has 0 fully saturated rings. The second-order valence-electron chi connectivity index (χ2n) is 6.39. The van der Waals surface area contributed by atoms with Crippen molar-refractivity contribution in [3.8, 4) is 17.2 Å². The molecule has 0 aliphatic carbocycles. The summed E-state index contributed by atoms with van der Waals surface area (Å²) in [6, 6.07) is 20.2. The molecule has 0 aromatic heterocycles. The van der Waals surface area contributed by atoms with Crippen molar-refractivity contribution < 1.29 is 27.8 Å². The van der Waals surface area contributed by atoms with Crippen LogP contribution in [0.2, 0.25) is 0 Å². The van der Waals surface area contributed by atoms with Crippen LogP contribution in [0.5, 0.6) is 17.2 Å². The number of methoxy groups -OCH3 is 2. The van der Waals surface area contributed by atoms with Gasteiger partial charge >= 0.3 is 6.61 Å². The Morgan fingerprint density at radius 1 is 0.903 bits per heavy atom. The van der Waals surface area contributed by atoms with E-state index in [1.165, 1.54) is 26.4 Å². The number of carbonyl (C=O) groups is 1. The molecule has 0 unspecified atom stereocenters. The van der Waals surface area contributed by atoms with Gasteiger partial charge in [-0.1, -0.05) is 42.5 Å². The van der Waals surface area contributed by atoms with Gasteiger partial charge in [-0.05, 0) is 41.5 Å². The molecule has 0 saturated heterocycles. The van der Waals surface area contributed by atoms with E-state index in [-0.39, 0.29) is 11.7 Å². The van der Waals surface area contributed by atoms with E-state index in [2.05, 4.69) is 10.1 Å². The lowest BCUT2D eigenvalue weighted by Gasteiger charge is -2.14. The number of hydrogen-bond acceptors (Lipinski definition) is 4. The van der Waals surface area contributed by atoms with E-state index in [0.717, 1.165) is 0 Å². The lowest BCUT2D eigenvalue weighted by atomic mass is 10.0. The SMILES string of the molecule is COc1ccc(OC)c(NC(=O)/C(=C\c2ccc(OC(F)F)cc2)c2ccccc2)c1. The fraction of sp³-hybridized carbons (Fsp3) is 0.125. The average molecular weight is 425 g/mol. The van der Waals surface area contributed by atoms with Crippen LogP contribution in [0.4, 0.5) is 14.5 Å². The van der Waals surface area contributed by atoms with E-state index in [4.69, 9.17) is 9.47 Å². The Morgan fingerprint density at radius 2 is 1.58 bits per heavy atom. The standard InChI is InChI=1S/C24H21F2NO4/c1-29-19-12-13-22(30-2)21(15-19)27-23(28)20(17-6-4-3-5-7-17)14-16-8-10-18(11-9-16)31-24(25)26/h3-15,24H,1-2H3,(H,27,28)/b20-14-. The van der Waals surface area contributed by atoms with Gasteiger partial charge in [-0.15, -0.1) is 0 Å². The predicted octanol–water partition coefficient (Wildman–Crippen LogP) is 5.48. The van der Waals surface area contributed by atoms with Crippen LogP contribution in [-0.4, -0.2) is 26.7 Å². The van der Waals surface area contributed by atoms with Gasteiger partial charge in [0.25, 0.3) is 5.91 Å². The van der Waals surface area contributed by atoms with Crippen molar-refractivity contribution in [1.82, 2.24) is 0 Å². The smallest absolute Gasteiger partial charge is 0.387 e. The highest BCUT2D eigenvalue weighted by Crippen LogP contribution is 2.30. The first-order valence-electron chi connectivity index (χ1n) is 9.35. The third kappa shape index (κ3) is 5.82. The van der Waals surface area contributed by atoms with Crippen LogP contribution in [0.25, 0.3) is 11.6 Å². The molecule has 3 aromatic rings. The summed E-state index contributed by atoms with van der Waals surface area (Å²) in [5, 5.41) is 2.86. The topological polar surface area (TPSA) is 56.8 Å². The number of hydrogen-bond donors (Lipinski definition) is 1. The maximum atomic E-state index is 13.2. The normalized spacial score (nSPS) is 11.2. The molecule has 0 aliphatic rings. The number of anilines is 1. The molecule has 0 spiro atoms. The first kappa shape index (κ1) is 21.8. The van der Waals surface area contributed by atoms with Gasteiger partial charge in [-0.25, -0.2) is 0 Å². The summed E-state index contributed by atoms with van der Waals surface area (Å²) >= 11 is 0. The lowest BCUT2D eigenvalue weighted by Crippen LogP contribution is -2.14. The Hall–Kier alpha value is -3.87. The zero-order valence-corrected chi connectivity index (χ0v) is 17.0. The highest BCUT2D eigenvalue weighted by molar-refractivity contribution is 6.29. The Balaban J connectivity index is 1.95. The molecule has 0 bridgehead atoms. The molecular weight excluding hydrogens is 404 g/mol. The maximum absolute atomic E-state index is 13.2. The molecule has 31 heavy (non-hydrogen) atoms. The lowest BCUT2D eigenvalue weighted by molar-refractivity contribution is -0.111. The van der Waals surface area contributed by atoms with E-state index in [9.17, 15) is 13.6 Å². The molecule has 3 rings (SSSR count). The van der Waals surface area contributed by atoms with Gasteiger partial charge in [0, 0.05) is 11.6 Å². The van der Waals surface area contributed by atoms with Crippen LogP contribution in [-0.2, 0) is 4.79 Å². The molecule has 1 N–H and O–H groups in total. The van der Waals surface area contributed by atoms with E-state index in [0.29, 0.717) is 33.9 Å². The van der Waals surface area contributed by atoms with Gasteiger partial charge < -0.3 is 19.5 Å². The number of amides is 1. The number of carbonyl (C=O) groups excluding carboxylic acids is 1. The Bertz CT molecular complexity index is 1050. The van der Waals surface area contributed by atoms with E-state index in [1.807, 2.05) is 30.3 Å². The summed E-state index contributed by atoms with van der Waals surface area (Å²) in [4.78, 5) is 13.2. The van der Waals surface area contributed by atoms with Crippen LogP contribution < -0.4 is 19.5 Å². The molecule has 1 amide bonds. The summed E-state index contributed by atoms with van der Waals surface area (Å²) in [6.07, 6.45) is 1.67. The van der Waals surface area contributed by atoms with Crippen LogP contribution >= 0.6 is 0 Å². The van der Waals surface area contributed by atoms with Crippen LogP contribution in [0.1, 0.15) is 11.1 Å². The molecule has 0 heterocycles. The third-order valence-electron chi connectivity index (χ3n) is 4.40. The Labute approximate surface area is 178 Å². The average Bonchev–Trinajstić information content (AvgIpc) is 2.78. The van der Waals surface area contributed by atoms with Crippen molar-refractivity contribution in [2.24, 2.45) is 0 Å². The van der Waals surface area contributed by atoms with Crippen molar-refractivity contribution >= 4 is 23.2 Å². The zero-order chi connectivity index (χ0) is 22.2. The number of alkyl halides is 2. The first-order chi connectivity index (χ1) is 15.0. The predicted molar refractivity (Wildman–Crippen MR) is 116 cm³/mol. The maximum Gasteiger partial charge on any atom is 0.387 e. The summed E-state index contributed by atoms with van der Waals surface area (Å²) in [7, 11) is 3.04. The highest BCUT2D eigenvalue weighted by atomic mass is 19.3. The summed E-state index contributed by atoms with van der Waals surface area (Å²) in [5.41, 5.74) is 2.17. The van der Waals surface area contributed by atoms with Crippen LogP contribution in [0, 0.1) is 0 Å². The molecule has 160 valence electrons. The van der Waals surface area contributed by atoms with Crippen molar-refractivity contribution in [1.29, 1.82) is 0 Å². The minimum atomic E-state index is -2.90. The van der Waals surface area contributed by atoms with Crippen molar-refractivity contribution in [2.75, 3.05) is 19.5 Å². The van der Waals surface area contributed by atoms with E-state index in [1.54, 1.807) is 36.4 Å². The van der Waals surface area contributed by atoms with E-state index < -0.39 is 6.61 Å². The monoisotopic (exact) mass is 425 g/mol. The number of halogens is 2. The molecule has 3 aromatic carbocycles. The first-order valence-corrected chi connectivity index (χ1v) is 9.35. The minimum Gasteiger partial charge on any atom is -0.497 e. The van der Waals surface area contributed by atoms with Gasteiger partial charge in [0.1, 0.15) is 17.2 Å². The highest BCUT2D eigenvalue weighted by Gasteiger charge is 2.15. The minimum absolute atomic E-state index is 0.0407. The van der Waals surface area contributed by atoms with Crippen LogP contribution in [0.3, 0.4) is 0 Å². The molecular formula is C24H21F2NO4. The fourth-order valence-electron chi connectivity index (χ4n) is 2.91. The molecule has 5 nitrogen and oxygen atoms in total. The van der Waals surface area contributed by atoms with Gasteiger partial charge in [0.2, 0.25) is 0 Å². The number of nitrogens with one attached hydrogen (secondary N) is 1. The zero-order valence-electron chi connectivity index (χ0n) is 17.0. The molecule has 0 radical (unpaired) electrons. The number of rotatable bonds is 8.